The summed E-state index contributed by atoms with van der Waals surface area (Å²) in [5.74, 6) is 0.133. The Labute approximate surface area is 92.4 Å². The van der Waals surface area contributed by atoms with E-state index in [1.54, 1.807) is 36.2 Å². The molecule has 0 fully saturated rings. The molecule has 0 unspecified atom stereocenters. The fraction of sp³-hybridized carbons (Fsp3) is 0. The smallest absolute Gasteiger partial charge is 0.134 e. The Balaban J connectivity index is 0.000000146. The van der Waals surface area contributed by atoms with Gasteiger partial charge in [-0.2, -0.15) is 0 Å². The first kappa shape index (κ1) is 11.0. The van der Waals surface area contributed by atoms with Crippen LogP contribution in [0.5, 0.6) is 5.75 Å². The Bertz CT molecular complexity index is 306. The molecule has 2 nitrogen and oxygen atoms in total. The molecule has 0 bridgehead atoms. The minimum Gasteiger partial charge on any atom is -0.506 e. The monoisotopic (exact) mass is 227 g/mol. The van der Waals surface area contributed by atoms with Gasteiger partial charge in [-0.15, -0.1) is 0 Å². The summed E-state index contributed by atoms with van der Waals surface area (Å²) >= 11 is 7.04. The fourth-order valence-electron chi connectivity index (χ4n) is 0.710. The lowest BCUT2D eigenvalue weighted by molar-refractivity contribution is 0.475. The molecular formula is C10H10ClNOS. The summed E-state index contributed by atoms with van der Waals surface area (Å²) < 4.78 is 2.93. The van der Waals surface area contributed by atoms with E-state index in [2.05, 4.69) is 4.72 Å². The average molecular weight is 228 g/mol. The molecule has 1 aromatic rings. The van der Waals surface area contributed by atoms with Gasteiger partial charge >= 0.3 is 0 Å². The van der Waals surface area contributed by atoms with Crippen molar-refractivity contribution in [3.05, 3.63) is 53.0 Å². The van der Waals surface area contributed by atoms with Crippen molar-refractivity contribution in [3.63, 3.8) is 0 Å². The Morgan fingerprint density at radius 3 is 2.29 bits per heavy atom. The second-order valence-corrected chi connectivity index (χ2v) is 3.53. The van der Waals surface area contributed by atoms with E-state index < -0.39 is 0 Å². The first-order chi connectivity index (χ1) is 6.80. The molecule has 1 aromatic carbocycles. The molecule has 0 saturated heterocycles. The molecule has 1 aliphatic rings. The van der Waals surface area contributed by atoms with Crippen molar-refractivity contribution in [1.29, 1.82) is 0 Å². The van der Waals surface area contributed by atoms with Crippen LogP contribution in [0.4, 0.5) is 0 Å². The van der Waals surface area contributed by atoms with Crippen molar-refractivity contribution in [2.24, 2.45) is 0 Å². The maximum atomic E-state index is 8.79. The van der Waals surface area contributed by atoms with E-state index in [1.807, 2.05) is 23.8 Å². The van der Waals surface area contributed by atoms with Crippen LogP contribution in [-0.2, 0) is 0 Å². The van der Waals surface area contributed by atoms with Crippen LogP contribution in [0, 0.1) is 0 Å². The highest BCUT2D eigenvalue weighted by molar-refractivity contribution is 8.00. The molecule has 0 radical (unpaired) electrons. The largest absolute Gasteiger partial charge is 0.506 e. The second-order valence-electron chi connectivity index (χ2n) is 2.37. The van der Waals surface area contributed by atoms with E-state index in [0.29, 0.717) is 5.02 Å². The SMILES string of the molecule is C1=CNSC=C1.Oc1ccccc1Cl. The van der Waals surface area contributed by atoms with Crippen molar-refractivity contribution in [1.82, 2.24) is 4.72 Å². The van der Waals surface area contributed by atoms with E-state index in [9.17, 15) is 0 Å². The number of phenols is 1. The van der Waals surface area contributed by atoms with Crippen LogP contribution < -0.4 is 4.72 Å². The van der Waals surface area contributed by atoms with Crippen LogP contribution in [0.25, 0.3) is 0 Å². The highest BCUT2D eigenvalue weighted by Gasteiger charge is 1.89. The van der Waals surface area contributed by atoms with Crippen molar-refractivity contribution in [2.45, 2.75) is 0 Å². The number of hydrogen-bond acceptors (Lipinski definition) is 3. The van der Waals surface area contributed by atoms with E-state index in [0.717, 1.165) is 0 Å². The Morgan fingerprint density at radius 1 is 1.21 bits per heavy atom. The summed E-state index contributed by atoms with van der Waals surface area (Å²) in [6.07, 6.45) is 5.84. The van der Waals surface area contributed by atoms with Gasteiger partial charge in [-0.1, -0.05) is 29.8 Å². The molecule has 74 valence electrons. The summed E-state index contributed by atoms with van der Waals surface area (Å²) in [6.45, 7) is 0. The normalized spacial score (nSPS) is 12.6. The fourth-order valence-corrected chi connectivity index (χ4v) is 1.25. The summed E-state index contributed by atoms with van der Waals surface area (Å²) in [4.78, 5) is 0. The summed E-state index contributed by atoms with van der Waals surface area (Å²) in [5.41, 5.74) is 0. The van der Waals surface area contributed by atoms with Crippen molar-refractivity contribution < 1.29 is 5.11 Å². The standard InChI is InChI=1S/C6H5ClO.C4H5NS/c7-5-3-1-2-4-6(5)8;1-2-4-6-5-3-1/h1-4,8H;1-5H. The number of aromatic hydroxyl groups is 1. The molecule has 0 saturated carbocycles. The first-order valence-electron chi connectivity index (χ1n) is 3.97. The molecule has 0 aliphatic carbocycles. The van der Waals surface area contributed by atoms with Crippen LogP contribution in [0.3, 0.4) is 0 Å². The maximum Gasteiger partial charge on any atom is 0.134 e. The van der Waals surface area contributed by atoms with Crippen molar-refractivity contribution in [2.75, 3.05) is 0 Å². The molecule has 1 aliphatic heterocycles. The van der Waals surface area contributed by atoms with Gasteiger partial charge in [0, 0.05) is 6.20 Å². The lowest BCUT2D eigenvalue weighted by atomic mass is 10.3. The molecule has 0 atom stereocenters. The van der Waals surface area contributed by atoms with Gasteiger partial charge in [0.25, 0.3) is 0 Å². The zero-order valence-corrected chi connectivity index (χ0v) is 8.92. The van der Waals surface area contributed by atoms with E-state index in [-0.39, 0.29) is 5.75 Å². The Morgan fingerprint density at radius 2 is 2.00 bits per heavy atom. The van der Waals surface area contributed by atoms with Gasteiger partial charge in [0.15, 0.2) is 0 Å². The van der Waals surface area contributed by atoms with Crippen molar-refractivity contribution in [3.8, 4) is 5.75 Å². The topological polar surface area (TPSA) is 32.3 Å². The zero-order valence-electron chi connectivity index (χ0n) is 7.35. The summed E-state index contributed by atoms with van der Waals surface area (Å²) in [6, 6.07) is 6.67. The molecule has 0 spiro atoms. The van der Waals surface area contributed by atoms with Gasteiger partial charge in [0.2, 0.25) is 0 Å². The summed E-state index contributed by atoms with van der Waals surface area (Å²) in [7, 11) is 0. The number of nitrogens with one attached hydrogen (secondary N) is 1. The molecular weight excluding hydrogens is 218 g/mol. The number of phenolic OH excluding ortho intramolecular Hbond substituents is 1. The Hall–Kier alpha value is -1.06. The number of para-hydroxylation sites is 1. The predicted molar refractivity (Wildman–Crippen MR) is 62.1 cm³/mol. The third-order valence-electron chi connectivity index (χ3n) is 1.34. The van der Waals surface area contributed by atoms with Crippen LogP contribution in [-0.4, -0.2) is 5.11 Å². The predicted octanol–water partition coefficient (Wildman–Crippen LogP) is 3.31. The van der Waals surface area contributed by atoms with Gasteiger partial charge < -0.3 is 9.83 Å². The zero-order chi connectivity index (χ0) is 10.2. The van der Waals surface area contributed by atoms with Crippen molar-refractivity contribution >= 4 is 23.5 Å². The highest BCUT2D eigenvalue weighted by Crippen LogP contribution is 2.20. The number of halogens is 1. The molecule has 1 heterocycles. The number of benzene rings is 1. The van der Waals surface area contributed by atoms with Gasteiger partial charge in [0.1, 0.15) is 5.75 Å². The molecule has 0 aromatic heterocycles. The van der Waals surface area contributed by atoms with Crippen LogP contribution in [0.1, 0.15) is 0 Å². The average Bonchev–Trinajstić information content (AvgIpc) is 2.26. The molecule has 14 heavy (non-hydrogen) atoms. The van der Waals surface area contributed by atoms with Gasteiger partial charge in [-0.3, -0.25) is 0 Å². The maximum absolute atomic E-state index is 8.79. The lowest BCUT2D eigenvalue weighted by Gasteiger charge is -1.93. The van der Waals surface area contributed by atoms with E-state index in [1.165, 1.54) is 0 Å². The third kappa shape index (κ3) is 4.25. The van der Waals surface area contributed by atoms with Gasteiger partial charge in [0.05, 0.1) is 5.02 Å². The molecule has 0 amide bonds. The molecule has 4 heteroatoms. The van der Waals surface area contributed by atoms with Gasteiger partial charge in [-0.25, -0.2) is 0 Å². The van der Waals surface area contributed by atoms with E-state index in [4.69, 9.17) is 16.7 Å². The highest BCUT2D eigenvalue weighted by atomic mass is 35.5. The number of rotatable bonds is 0. The third-order valence-corrected chi connectivity index (χ3v) is 2.23. The van der Waals surface area contributed by atoms with Crippen LogP contribution >= 0.6 is 23.5 Å². The van der Waals surface area contributed by atoms with Gasteiger partial charge in [-0.05, 0) is 35.6 Å². The quantitative estimate of drug-likeness (QED) is 0.667. The number of allylic oxidation sites excluding steroid dienone is 2. The minimum absolute atomic E-state index is 0.133. The summed E-state index contributed by atoms with van der Waals surface area (Å²) in [5, 5.41) is 11.2. The lowest BCUT2D eigenvalue weighted by Crippen LogP contribution is -1.88. The number of hydrogen-bond donors (Lipinski definition) is 2. The van der Waals surface area contributed by atoms with Crippen LogP contribution in [0.15, 0.2) is 48.0 Å². The Kier molecular flexibility index (Phi) is 5.04. The van der Waals surface area contributed by atoms with Crippen LogP contribution in [0.2, 0.25) is 5.02 Å². The van der Waals surface area contributed by atoms with E-state index >= 15 is 0 Å². The minimum atomic E-state index is 0.133. The molecule has 2 N–H and O–H groups in total. The molecule has 2 rings (SSSR count). The second kappa shape index (κ2) is 6.40. The first-order valence-corrected chi connectivity index (χ1v) is 5.23.